The van der Waals surface area contributed by atoms with Gasteiger partial charge < -0.3 is 14.8 Å². The molecule has 0 saturated heterocycles. The number of carbonyl (C=O) groups excluding carboxylic acids is 1. The molecule has 2 aromatic carbocycles. The first-order chi connectivity index (χ1) is 14.2. The Labute approximate surface area is 178 Å². The Morgan fingerprint density at radius 3 is 2.37 bits per heavy atom. The van der Waals surface area contributed by atoms with Crippen LogP contribution in [0, 0.1) is 0 Å². The van der Waals surface area contributed by atoms with Gasteiger partial charge in [-0.05, 0) is 62.7 Å². The molecule has 0 unspecified atom stereocenters. The van der Waals surface area contributed by atoms with E-state index in [0.29, 0.717) is 17.2 Å². The molecule has 2 rings (SSSR count). The number of hydrogen-bond acceptors (Lipinski definition) is 5. The van der Waals surface area contributed by atoms with Crippen molar-refractivity contribution in [2.24, 2.45) is 0 Å². The van der Waals surface area contributed by atoms with Crippen LogP contribution in [0.5, 0.6) is 11.5 Å². The minimum atomic E-state index is -3.57. The number of rotatable bonds is 9. The average molecular weight is 433 g/mol. The molecule has 0 bridgehead atoms. The van der Waals surface area contributed by atoms with Gasteiger partial charge in [-0.2, -0.15) is 4.31 Å². The molecule has 162 valence electrons. The minimum Gasteiger partial charge on any atom is -0.493 e. The summed E-state index contributed by atoms with van der Waals surface area (Å²) in [5.41, 5.74) is 1.44. The van der Waals surface area contributed by atoms with Gasteiger partial charge in [0.2, 0.25) is 10.0 Å². The van der Waals surface area contributed by atoms with E-state index in [1.54, 1.807) is 32.0 Å². The SMILES string of the molecule is C/C=C/c1ccc(OCC(=O)Nc2ccc(S(=O)(=O)N(C)C(C)C)cc2)c(OC)c1. The highest BCUT2D eigenvalue weighted by molar-refractivity contribution is 7.89. The van der Waals surface area contributed by atoms with Crippen LogP contribution in [0.1, 0.15) is 26.3 Å². The van der Waals surface area contributed by atoms with E-state index in [-0.39, 0.29) is 23.5 Å². The van der Waals surface area contributed by atoms with E-state index in [1.165, 1.54) is 30.6 Å². The molecule has 7 nitrogen and oxygen atoms in total. The van der Waals surface area contributed by atoms with Gasteiger partial charge in [0, 0.05) is 18.8 Å². The van der Waals surface area contributed by atoms with Crippen LogP contribution >= 0.6 is 0 Å². The molecule has 0 aromatic heterocycles. The lowest BCUT2D eigenvalue weighted by atomic mass is 10.2. The molecular weight excluding hydrogens is 404 g/mol. The van der Waals surface area contributed by atoms with Gasteiger partial charge in [-0.25, -0.2) is 8.42 Å². The number of allylic oxidation sites excluding steroid dienone is 1. The second-order valence-electron chi connectivity index (χ2n) is 6.89. The van der Waals surface area contributed by atoms with E-state index in [4.69, 9.17) is 9.47 Å². The lowest BCUT2D eigenvalue weighted by Gasteiger charge is -2.21. The fraction of sp³-hybridized carbons (Fsp3) is 0.318. The average Bonchev–Trinajstić information content (AvgIpc) is 2.72. The molecule has 1 amide bonds. The highest BCUT2D eigenvalue weighted by atomic mass is 32.2. The molecule has 0 fully saturated rings. The maximum Gasteiger partial charge on any atom is 0.262 e. The summed E-state index contributed by atoms with van der Waals surface area (Å²) in [6, 6.07) is 11.3. The van der Waals surface area contributed by atoms with Crippen LogP contribution in [0.2, 0.25) is 0 Å². The van der Waals surface area contributed by atoms with Crippen molar-refractivity contribution in [3.05, 3.63) is 54.1 Å². The predicted molar refractivity (Wildman–Crippen MR) is 118 cm³/mol. The summed E-state index contributed by atoms with van der Waals surface area (Å²) < 4.78 is 37.2. The summed E-state index contributed by atoms with van der Waals surface area (Å²) in [5, 5.41) is 2.69. The second-order valence-corrected chi connectivity index (χ2v) is 8.88. The topological polar surface area (TPSA) is 84.9 Å². The van der Waals surface area contributed by atoms with Gasteiger partial charge >= 0.3 is 0 Å². The first kappa shape index (κ1) is 23.4. The Morgan fingerprint density at radius 1 is 1.13 bits per heavy atom. The number of methoxy groups -OCH3 is 1. The van der Waals surface area contributed by atoms with Crippen LogP contribution in [0.25, 0.3) is 6.08 Å². The zero-order valence-corrected chi connectivity index (χ0v) is 18.7. The standard InChI is InChI=1S/C22H28N2O5S/c1-6-7-17-8-13-20(21(14-17)28-5)29-15-22(25)23-18-9-11-19(12-10-18)30(26,27)24(4)16(2)3/h6-14,16H,15H2,1-5H3,(H,23,25)/b7-6+. The predicted octanol–water partition coefficient (Wildman–Crippen LogP) is 3.77. The quantitative estimate of drug-likeness (QED) is 0.652. The summed E-state index contributed by atoms with van der Waals surface area (Å²) >= 11 is 0. The number of amides is 1. The van der Waals surface area contributed by atoms with Crippen molar-refractivity contribution in [2.75, 3.05) is 26.1 Å². The third-order valence-corrected chi connectivity index (χ3v) is 6.50. The Hall–Kier alpha value is -2.84. The van der Waals surface area contributed by atoms with E-state index >= 15 is 0 Å². The molecule has 8 heteroatoms. The van der Waals surface area contributed by atoms with Gasteiger partial charge in [-0.1, -0.05) is 18.2 Å². The van der Waals surface area contributed by atoms with Crippen molar-refractivity contribution in [2.45, 2.75) is 31.7 Å². The van der Waals surface area contributed by atoms with Gasteiger partial charge in [0.15, 0.2) is 18.1 Å². The Balaban J connectivity index is 2.01. The normalized spacial score (nSPS) is 11.8. The summed E-state index contributed by atoms with van der Waals surface area (Å²) in [4.78, 5) is 12.4. The fourth-order valence-electron chi connectivity index (χ4n) is 2.59. The second kappa shape index (κ2) is 10.3. The van der Waals surface area contributed by atoms with Crippen LogP contribution in [0.3, 0.4) is 0 Å². The number of benzene rings is 2. The Morgan fingerprint density at radius 2 is 1.80 bits per heavy atom. The highest BCUT2D eigenvalue weighted by Gasteiger charge is 2.22. The summed E-state index contributed by atoms with van der Waals surface area (Å²) in [5.74, 6) is 0.616. The molecular formula is C22H28N2O5S. The van der Waals surface area contributed by atoms with Crippen molar-refractivity contribution < 1.29 is 22.7 Å². The van der Waals surface area contributed by atoms with Crippen molar-refractivity contribution in [3.63, 3.8) is 0 Å². The fourth-order valence-corrected chi connectivity index (χ4v) is 3.96. The molecule has 0 aliphatic heterocycles. The van der Waals surface area contributed by atoms with Gasteiger partial charge in [0.25, 0.3) is 5.91 Å². The zero-order valence-electron chi connectivity index (χ0n) is 17.9. The third kappa shape index (κ3) is 5.84. The smallest absolute Gasteiger partial charge is 0.262 e. The molecule has 0 saturated carbocycles. The lowest BCUT2D eigenvalue weighted by Crippen LogP contribution is -2.33. The molecule has 0 aliphatic carbocycles. The van der Waals surface area contributed by atoms with Crippen molar-refractivity contribution >= 4 is 27.7 Å². The van der Waals surface area contributed by atoms with Crippen LogP contribution in [-0.2, 0) is 14.8 Å². The maximum atomic E-state index is 12.5. The van der Waals surface area contributed by atoms with Gasteiger partial charge in [-0.3, -0.25) is 4.79 Å². The lowest BCUT2D eigenvalue weighted by molar-refractivity contribution is -0.118. The van der Waals surface area contributed by atoms with E-state index in [0.717, 1.165) is 5.56 Å². The van der Waals surface area contributed by atoms with Crippen molar-refractivity contribution in [1.82, 2.24) is 4.31 Å². The van der Waals surface area contributed by atoms with E-state index in [1.807, 2.05) is 31.2 Å². The van der Waals surface area contributed by atoms with Crippen LogP contribution in [0.15, 0.2) is 53.4 Å². The molecule has 0 radical (unpaired) electrons. The monoisotopic (exact) mass is 432 g/mol. The largest absolute Gasteiger partial charge is 0.493 e. The van der Waals surface area contributed by atoms with Gasteiger partial charge in [0.05, 0.1) is 12.0 Å². The molecule has 30 heavy (non-hydrogen) atoms. The Kier molecular flexibility index (Phi) is 8.02. The first-order valence-corrected chi connectivity index (χ1v) is 10.9. The zero-order chi connectivity index (χ0) is 22.3. The Bertz CT molecular complexity index is 999. The van der Waals surface area contributed by atoms with Crippen LogP contribution in [0.4, 0.5) is 5.69 Å². The number of nitrogens with zero attached hydrogens (tertiary/aromatic N) is 1. The van der Waals surface area contributed by atoms with Crippen LogP contribution in [-0.4, -0.2) is 45.4 Å². The third-order valence-electron chi connectivity index (χ3n) is 4.45. The van der Waals surface area contributed by atoms with E-state index in [9.17, 15) is 13.2 Å². The maximum absolute atomic E-state index is 12.5. The molecule has 1 N–H and O–H groups in total. The first-order valence-electron chi connectivity index (χ1n) is 9.50. The minimum absolute atomic E-state index is 0.157. The number of sulfonamides is 1. The molecule has 0 spiro atoms. The van der Waals surface area contributed by atoms with Crippen molar-refractivity contribution in [1.29, 1.82) is 0 Å². The highest BCUT2D eigenvalue weighted by Crippen LogP contribution is 2.28. The summed E-state index contributed by atoms with van der Waals surface area (Å²) in [6.07, 6.45) is 3.85. The van der Waals surface area contributed by atoms with E-state index < -0.39 is 10.0 Å². The summed E-state index contributed by atoms with van der Waals surface area (Å²) in [6.45, 7) is 5.31. The number of hydrogen-bond donors (Lipinski definition) is 1. The molecule has 2 aromatic rings. The number of anilines is 1. The number of carbonyl (C=O) groups is 1. The van der Waals surface area contributed by atoms with Crippen LogP contribution < -0.4 is 14.8 Å². The van der Waals surface area contributed by atoms with Gasteiger partial charge in [0.1, 0.15) is 0 Å². The van der Waals surface area contributed by atoms with Gasteiger partial charge in [-0.15, -0.1) is 0 Å². The number of ether oxygens (including phenoxy) is 2. The molecule has 0 aliphatic rings. The molecule has 0 atom stereocenters. The number of nitrogens with one attached hydrogen (secondary N) is 1. The van der Waals surface area contributed by atoms with E-state index in [2.05, 4.69) is 5.32 Å². The van der Waals surface area contributed by atoms with Crippen molar-refractivity contribution in [3.8, 4) is 11.5 Å². The molecule has 0 heterocycles. The summed E-state index contributed by atoms with van der Waals surface area (Å²) in [7, 11) is -0.498.